The van der Waals surface area contributed by atoms with Crippen LogP contribution in [-0.2, 0) is 16.0 Å². The van der Waals surface area contributed by atoms with Gasteiger partial charge in [0.1, 0.15) is 0 Å². The highest BCUT2D eigenvalue weighted by Crippen LogP contribution is 2.29. The van der Waals surface area contributed by atoms with Gasteiger partial charge in [0.05, 0.1) is 25.4 Å². The van der Waals surface area contributed by atoms with E-state index in [2.05, 4.69) is 26.3 Å². The Hall–Kier alpha value is -1.86. The van der Waals surface area contributed by atoms with Crippen LogP contribution in [0.3, 0.4) is 0 Å². The molecule has 1 saturated carbocycles. The molecule has 1 aromatic rings. The Labute approximate surface area is 180 Å². The number of pyridine rings is 1. The minimum Gasteiger partial charge on any atom is -0.477 e. The van der Waals surface area contributed by atoms with E-state index in [1.807, 2.05) is 19.3 Å². The van der Waals surface area contributed by atoms with Gasteiger partial charge in [0.2, 0.25) is 5.88 Å². The van der Waals surface area contributed by atoms with E-state index >= 15 is 0 Å². The minimum absolute atomic E-state index is 0.297. The number of rotatable bonds is 8. The number of piperidine rings is 1. The van der Waals surface area contributed by atoms with Crippen LogP contribution in [-0.4, -0.2) is 68.0 Å². The van der Waals surface area contributed by atoms with Gasteiger partial charge in [0, 0.05) is 45.6 Å². The summed E-state index contributed by atoms with van der Waals surface area (Å²) in [5.74, 6) is 2.40. The second-order valence-electron chi connectivity index (χ2n) is 8.67. The third-order valence-corrected chi connectivity index (χ3v) is 6.16. The molecule has 4 rings (SSSR count). The lowest BCUT2D eigenvalue weighted by Gasteiger charge is -2.35. The zero-order valence-corrected chi connectivity index (χ0v) is 18.2. The van der Waals surface area contributed by atoms with Crippen molar-refractivity contribution in [3.05, 3.63) is 23.9 Å². The number of aliphatic imine (C=N–C) groups is 1. The van der Waals surface area contributed by atoms with Crippen LogP contribution >= 0.6 is 0 Å². The Morgan fingerprint density at radius 2 is 2.03 bits per heavy atom. The highest BCUT2D eigenvalue weighted by atomic mass is 16.5. The molecule has 0 spiro atoms. The Bertz CT molecular complexity index is 664. The largest absolute Gasteiger partial charge is 0.477 e. The molecule has 0 bridgehead atoms. The molecule has 1 unspecified atom stereocenters. The molecule has 7 nitrogen and oxygen atoms in total. The van der Waals surface area contributed by atoms with E-state index in [9.17, 15) is 0 Å². The summed E-state index contributed by atoms with van der Waals surface area (Å²) in [5.41, 5.74) is 1.13. The number of hydrogen-bond donors (Lipinski definition) is 1. The summed E-state index contributed by atoms with van der Waals surface area (Å²) in [6.07, 6.45) is 10.7. The first kappa shape index (κ1) is 21.4. The van der Waals surface area contributed by atoms with E-state index in [4.69, 9.17) is 14.2 Å². The predicted octanol–water partition coefficient (Wildman–Crippen LogP) is 3.00. The summed E-state index contributed by atoms with van der Waals surface area (Å²) in [5, 5.41) is 3.47. The van der Waals surface area contributed by atoms with Crippen LogP contribution in [0.5, 0.6) is 5.88 Å². The van der Waals surface area contributed by atoms with Crippen LogP contribution in [0.15, 0.2) is 23.3 Å². The number of nitrogens with one attached hydrogen (secondary N) is 1. The molecule has 0 radical (unpaired) electrons. The van der Waals surface area contributed by atoms with Crippen molar-refractivity contribution in [1.29, 1.82) is 0 Å². The summed E-state index contributed by atoms with van der Waals surface area (Å²) >= 11 is 0. The van der Waals surface area contributed by atoms with Gasteiger partial charge in [-0.2, -0.15) is 0 Å². The van der Waals surface area contributed by atoms with Crippen molar-refractivity contribution in [2.24, 2.45) is 10.9 Å². The van der Waals surface area contributed by atoms with Gasteiger partial charge < -0.3 is 24.4 Å². The van der Waals surface area contributed by atoms with Crippen molar-refractivity contribution in [2.45, 2.75) is 63.7 Å². The van der Waals surface area contributed by atoms with Gasteiger partial charge in [0.15, 0.2) is 5.96 Å². The minimum atomic E-state index is 0.297. The molecule has 3 aliphatic rings. The van der Waals surface area contributed by atoms with Crippen molar-refractivity contribution in [3.63, 3.8) is 0 Å². The summed E-state index contributed by atoms with van der Waals surface area (Å²) in [4.78, 5) is 11.2. The fourth-order valence-corrected chi connectivity index (χ4v) is 4.02. The molecule has 3 heterocycles. The van der Waals surface area contributed by atoms with E-state index < -0.39 is 0 Å². The molecule has 3 fully saturated rings. The maximum Gasteiger partial charge on any atom is 0.213 e. The van der Waals surface area contributed by atoms with Gasteiger partial charge in [0.25, 0.3) is 0 Å². The second kappa shape index (κ2) is 11.0. The van der Waals surface area contributed by atoms with E-state index in [0.717, 1.165) is 75.5 Å². The summed E-state index contributed by atoms with van der Waals surface area (Å²) in [6.45, 7) is 5.05. The van der Waals surface area contributed by atoms with Crippen molar-refractivity contribution in [3.8, 4) is 5.88 Å². The number of likely N-dealkylation sites (tertiary alicyclic amines) is 1. The lowest BCUT2D eigenvalue weighted by atomic mass is 10.1. The fourth-order valence-electron chi connectivity index (χ4n) is 4.02. The Morgan fingerprint density at radius 3 is 2.70 bits per heavy atom. The number of nitrogens with zero attached hydrogens (tertiary/aromatic N) is 3. The lowest BCUT2D eigenvalue weighted by Crippen LogP contribution is -2.47. The zero-order valence-electron chi connectivity index (χ0n) is 18.2. The first-order valence-corrected chi connectivity index (χ1v) is 11.6. The van der Waals surface area contributed by atoms with E-state index in [0.29, 0.717) is 18.8 Å². The Morgan fingerprint density at radius 1 is 1.17 bits per heavy atom. The number of aromatic nitrogens is 1. The maximum atomic E-state index is 6.13. The highest BCUT2D eigenvalue weighted by molar-refractivity contribution is 5.79. The van der Waals surface area contributed by atoms with Crippen LogP contribution in [0, 0.1) is 5.92 Å². The second-order valence-corrected chi connectivity index (χ2v) is 8.67. The van der Waals surface area contributed by atoms with Crippen molar-refractivity contribution >= 4 is 5.96 Å². The van der Waals surface area contributed by atoms with E-state index in [1.165, 1.54) is 25.7 Å². The number of guanidine groups is 1. The smallest absolute Gasteiger partial charge is 0.213 e. The van der Waals surface area contributed by atoms with Crippen molar-refractivity contribution in [1.82, 2.24) is 15.2 Å². The first-order chi connectivity index (χ1) is 14.8. The van der Waals surface area contributed by atoms with Crippen LogP contribution in [0.4, 0.5) is 0 Å². The van der Waals surface area contributed by atoms with Crippen LogP contribution in [0.1, 0.15) is 50.5 Å². The summed E-state index contributed by atoms with van der Waals surface area (Å²) < 4.78 is 17.6. The molecule has 0 amide bonds. The molecule has 1 aromatic heterocycles. The van der Waals surface area contributed by atoms with Gasteiger partial charge >= 0.3 is 0 Å². The molecule has 2 aliphatic heterocycles. The Kier molecular flexibility index (Phi) is 7.81. The van der Waals surface area contributed by atoms with Gasteiger partial charge in [-0.15, -0.1) is 0 Å². The third kappa shape index (κ3) is 6.57. The average molecular weight is 417 g/mol. The van der Waals surface area contributed by atoms with Crippen LogP contribution in [0.25, 0.3) is 0 Å². The topological polar surface area (TPSA) is 68.2 Å². The molecule has 1 N–H and O–H groups in total. The van der Waals surface area contributed by atoms with Crippen LogP contribution in [0.2, 0.25) is 0 Å². The van der Waals surface area contributed by atoms with Gasteiger partial charge in [-0.3, -0.25) is 4.99 Å². The average Bonchev–Trinajstić information content (AvgIpc) is 3.64. The van der Waals surface area contributed by atoms with E-state index in [1.54, 1.807) is 0 Å². The summed E-state index contributed by atoms with van der Waals surface area (Å²) in [6, 6.07) is 4.03. The summed E-state index contributed by atoms with van der Waals surface area (Å²) in [7, 11) is 1.85. The lowest BCUT2D eigenvalue weighted by molar-refractivity contribution is -0.0721. The molecule has 30 heavy (non-hydrogen) atoms. The molecule has 1 atom stereocenters. The molecular formula is C23H36N4O3. The molecular weight excluding hydrogens is 380 g/mol. The normalized spacial score (nSPS) is 23.4. The molecule has 7 heteroatoms. The molecule has 1 aliphatic carbocycles. The van der Waals surface area contributed by atoms with Gasteiger partial charge in [-0.1, -0.05) is 6.07 Å². The number of hydrogen-bond acceptors (Lipinski definition) is 5. The van der Waals surface area contributed by atoms with Gasteiger partial charge in [-0.25, -0.2) is 4.98 Å². The van der Waals surface area contributed by atoms with Crippen LogP contribution < -0.4 is 10.1 Å². The first-order valence-electron chi connectivity index (χ1n) is 11.6. The Balaban J connectivity index is 1.15. The van der Waals surface area contributed by atoms with Crippen molar-refractivity contribution in [2.75, 3.05) is 40.0 Å². The number of ether oxygens (including phenoxy) is 3. The zero-order chi connectivity index (χ0) is 20.6. The fraction of sp³-hybridized carbons (Fsp3) is 0.739. The molecule has 0 aromatic carbocycles. The molecule has 166 valence electrons. The predicted molar refractivity (Wildman–Crippen MR) is 117 cm³/mol. The molecule has 2 saturated heterocycles. The maximum absolute atomic E-state index is 6.13. The highest BCUT2D eigenvalue weighted by Gasteiger charge is 2.24. The monoisotopic (exact) mass is 416 g/mol. The SMILES string of the molecule is CN=C(NCc1ccc(OCC2CC2)nc1)N1CCC(OCC2CCCCO2)CC1. The third-order valence-electron chi connectivity index (χ3n) is 6.16. The van der Waals surface area contributed by atoms with E-state index in [-0.39, 0.29) is 0 Å². The van der Waals surface area contributed by atoms with Gasteiger partial charge in [-0.05, 0) is 56.4 Å². The standard InChI is InChI=1S/C23H36N4O3/c1-24-23(26-15-19-7-8-22(25-14-19)30-16-18-5-6-18)27-11-9-20(10-12-27)29-17-21-4-2-3-13-28-21/h7-8,14,18,20-21H,2-6,9-13,15-17H2,1H3,(H,24,26). The van der Waals surface area contributed by atoms with Crippen molar-refractivity contribution < 1.29 is 14.2 Å². The quantitative estimate of drug-likeness (QED) is 0.519.